The van der Waals surface area contributed by atoms with E-state index in [-0.39, 0.29) is 18.1 Å². The highest BCUT2D eigenvalue weighted by Crippen LogP contribution is 2.60. The molecular weight excluding hydrogens is 246 g/mol. The van der Waals surface area contributed by atoms with E-state index in [2.05, 4.69) is 0 Å². The summed E-state index contributed by atoms with van der Waals surface area (Å²) in [6.45, 7) is 2.01. The normalized spacial score (nSPS) is 55.6. The number of nitrogens with zero attached hydrogens (tertiary/aromatic N) is 1. The standard InChI is InChI=1S/C14H21NO4/c1-13(15(16)17)7-18-14(19-8-13)11-3-9-2-10(5-11)6-12(14)4-9/h9-12H,2-8H2,1H3. The maximum absolute atomic E-state index is 11.1. The first-order valence-corrected chi connectivity index (χ1v) is 7.44. The fourth-order valence-corrected chi connectivity index (χ4v) is 5.04. The highest BCUT2D eigenvalue weighted by Gasteiger charge is 2.63. The van der Waals surface area contributed by atoms with Crippen LogP contribution >= 0.6 is 0 Å². The Hall–Kier alpha value is -0.680. The minimum Gasteiger partial charge on any atom is -0.342 e. The third-order valence-corrected chi connectivity index (χ3v) is 5.93. The molecule has 0 aromatic heterocycles. The molecule has 0 amide bonds. The second kappa shape index (κ2) is 3.70. The zero-order valence-corrected chi connectivity index (χ0v) is 11.3. The summed E-state index contributed by atoms with van der Waals surface area (Å²) >= 11 is 0. The van der Waals surface area contributed by atoms with Crippen LogP contribution in [0.25, 0.3) is 0 Å². The Morgan fingerprint density at radius 3 is 1.89 bits per heavy atom. The van der Waals surface area contributed by atoms with Gasteiger partial charge < -0.3 is 9.47 Å². The van der Waals surface area contributed by atoms with Crippen molar-refractivity contribution < 1.29 is 14.4 Å². The van der Waals surface area contributed by atoms with Gasteiger partial charge in [0.2, 0.25) is 0 Å². The number of ether oxygens (including phenoxy) is 2. The molecule has 0 aromatic carbocycles. The van der Waals surface area contributed by atoms with Gasteiger partial charge in [-0.3, -0.25) is 10.1 Å². The van der Waals surface area contributed by atoms with Crippen molar-refractivity contribution in [3.05, 3.63) is 10.1 Å². The van der Waals surface area contributed by atoms with Crippen LogP contribution < -0.4 is 0 Å². The van der Waals surface area contributed by atoms with Gasteiger partial charge in [0.05, 0.1) is 0 Å². The van der Waals surface area contributed by atoms with E-state index in [1.165, 1.54) is 32.1 Å². The second-order valence-electron chi connectivity index (χ2n) is 7.36. The fourth-order valence-electron chi connectivity index (χ4n) is 5.04. The molecule has 5 fully saturated rings. The Balaban J connectivity index is 1.58. The Labute approximate surface area is 112 Å². The Morgan fingerprint density at radius 1 is 1.00 bits per heavy atom. The predicted molar refractivity (Wildman–Crippen MR) is 67.1 cm³/mol. The zero-order valence-electron chi connectivity index (χ0n) is 11.3. The minimum atomic E-state index is -1.07. The lowest BCUT2D eigenvalue weighted by Crippen LogP contribution is -2.66. The van der Waals surface area contributed by atoms with Crippen molar-refractivity contribution in [3.8, 4) is 0 Å². The van der Waals surface area contributed by atoms with E-state index in [4.69, 9.17) is 9.47 Å². The molecule has 106 valence electrons. The van der Waals surface area contributed by atoms with E-state index < -0.39 is 11.3 Å². The summed E-state index contributed by atoms with van der Waals surface area (Å²) in [5, 5.41) is 11.1. The van der Waals surface area contributed by atoms with Gasteiger partial charge in [0.1, 0.15) is 13.2 Å². The second-order valence-corrected chi connectivity index (χ2v) is 7.36. The lowest BCUT2D eigenvalue weighted by Gasteiger charge is -2.61. The summed E-state index contributed by atoms with van der Waals surface area (Å²) in [6, 6.07) is 0. The lowest BCUT2D eigenvalue weighted by atomic mass is 9.53. The molecule has 0 radical (unpaired) electrons. The van der Waals surface area contributed by atoms with Crippen molar-refractivity contribution in [1.29, 1.82) is 0 Å². The maximum atomic E-state index is 11.1. The molecule has 19 heavy (non-hydrogen) atoms. The highest BCUT2D eigenvalue weighted by molar-refractivity contribution is 5.05. The largest absolute Gasteiger partial charge is 0.342 e. The SMILES string of the molecule is CC1([N+](=O)[O-])COC2(OC1)C1CC3CC(C1)CC2C3. The van der Waals surface area contributed by atoms with Gasteiger partial charge in [-0.05, 0) is 43.9 Å². The summed E-state index contributed by atoms with van der Waals surface area (Å²) in [6.07, 6.45) is 6.17. The molecule has 0 N–H and O–H groups in total. The average molecular weight is 267 g/mol. The van der Waals surface area contributed by atoms with Gasteiger partial charge in [-0.25, -0.2) is 0 Å². The van der Waals surface area contributed by atoms with E-state index in [0.717, 1.165) is 11.8 Å². The van der Waals surface area contributed by atoms with Crippen molar-refractivity contribution in [3.63, 3.8) is 0 Å². The van der Waals surface area contributed by atoms with Gasteiger partial charge in [0, 0.05) is 23.7 Å². The van der Waals surface area contributed by atoms with Crippen molar-refractivity contribution in [2.45, 2.75) is 50.4 Å². The van der Waals surface area contributed by atoms with Crippen LogP contribution in [0.5, 0.6) is 0 Å². The van der Waals surface area contributed by atoms with Crippen LogP contribution in [-0.2, 0) is 9.47 Å². The zero-order chi connectivity index (χ0) is 13.3. The topological polar surface area (TPSA) is 61.6 Å². The molecule has 1 aliphatic heterocycles. The molecule has 1 saturated heterocycles. The summed E-state index contributed by atoms with van der Waals surface area (Å²) < 4.78 is 12.1. The van der Waals surface area contributed by atoms with E-state index in [1.807, 2.05) is 0 Å². The van der Waals surface area contributed by atoms with E-state index >= 15 is 0 Å². The van der Waals surface area contributed by atoms with Crippen LogP contribution in [0.3, 0.4) is 0 Å². The molecule has 5 aliphatic rings. The lowest BCUT2D eigenvalue weighted by molar-refractivity contribution is -0.597. The Morgan fingerprint density at radius 2 is 1.47 bits per heavy atom. The van der Waals surface area contributed by atoms with Gasteiger partial charge in [0.25, 0.3) is 5.54 Å². The van der Waals surface area contributed by atoms with Crippen LogP contribution in [0, 0.1) is 33.8 Å². The van der Waals surface area contributed by atoms with Crippen molar-refractivity contribution >= 4 is 0 Å². The minimum absolute atomic E-state index is 0.197. The molecular formula is C14H21NO4. The van der Waals surface area contributed by atoms with Gasteiger partial charge in [-0.15, -0.1) is 0 Å². The van der Waals surface area contributed by atoms with Crippen LogP contribution in [-0.4, -0.2) is 29.5 Å². The number of rotatable bonds is 1. The number of hydrogen-bond donors (Lipinski definition) is 0. The average Bonchev–Trinajstić information content (AvgIpc) is 2.37. The predicted octanol–water partition coefficient (Wildman–Crippen LogP) is 2.22. The first-order chi connectivity index (χ1) is 9.02. The van der Waals surface area contributed by atoms with Gasteiger partial charge in [0.15, 0.2) is 5.79 Å². The Bertz CT molecular complexity index is 384. The molecule has 0 atom stereocenters. The third-order valence-electron chi connectivity index (χ3n) is 5.93. The number of nitro groups is 1. The molecule has 0 unspecified atom stereocenters. The van der Waals surface area contributed by atoms with Crippen molar-refractivity contribution in [2.24, 2.45) is 23.7 Å². The first-order valence-electron chi connectivity index (χ1n) is 7.44. The Kier molecular flexibility index (Phi) is 2.35. The fraction of sp³-hybridized carbons (Fsp3) is 1.00. The molecule has 4 bridgehead atoms. The molecule has 1 heterocycles. The van der Waals surface area contributed by atoms with Crippen LogP contribution in [0.15, 0.2) is 0 Å². The van der Waals surface area contributed by atoms with E-state index in [0.29, 0.717) is 11.8 Å². The van der Waals surface area contributed by atoms with Crippen LogP contribution in [0.4, 0.5) is 0 Å². The third kappa shape index (κ3) is 1.54. The molecule has 5 heteroatoms. The molecule has 4 saturated carbocycles. The van der Waals surface area contributed by atoms with Crippen LogP contribution in [0.1, 0.15) is 39.0 Å². The van der Waals surface area contributed by atoms with E-state index in [1.54, 1.807) is 6.92 Å². The quantitative estimate of drug-likeness (QED) is 0.540. The van der Waals surface area contributed by atoms with Crippen molar-refractivity contribution in [1.82, 2.24) is 0 Å². The number of hydrogen-bond acceptors (Lipinski definition) is 4. The van der Waals surface area contributed by atoms with E-state index in [9.17, 15) is 10.1 Å². The monoisotopic (exact) mass is 267 g/mol. The van der Waals surface area contributed by atoms with Gasteiger partial charge in [-0.1, -0.05) is 0 Å². The first kappa shape index (κ1) is 12.1. The summed E-state index contributed by atoms with van der Waals surface area (Å²) in [5.74, 6) is 2.16. The van der Waals surface area contributed by atoms with Gasteiger partial charge in [-0.2, -0.15) is 0 Å². The molecule has 0 aromatic rings. The van der Waals surface area contributed by atoms with Crippen LogP contribution in [0.2, 0.25) is 0 Å². The summed E-state index contributed by atoms with van der Waals surface area (Å²) in [5.41, 5.74) is -1.07. The molecule has 5 nitrogen and oxygen atoms in total. The molecule has 5 rings (SSSR count). The smallest absolute Gasteiger partial charge is 0.265 e. The summed E-state index contributed by atoms with van der Waals surface area (Å²) in [4.78, 5) is 10.8. The summed E-state index contributed by atoms with van der Waals surface area (Å²) in [7, 11) is 0. The van der Waals surface area contributed by atoms with Gasteiger partial charge >= 0.3 is 0 Å². The highest BCUT2D eigenvalue weighted by atomic mass is 16.7. The molecule has 4 aliphatic carbocycles. The van der Waals surface area contributed by atoms with Crippen molar-refractivity contribution in [2.75, 3.05) is 13.2 Å². The maximum Gasteiger partial charge on any atom is 0.265 e. The molecule has 1 spiro atoms.